The first kappa shape index (κ1) is 58.7. The zero-order valence-electron chi connectivity index (χ0n) is 42.9. The standard InChI is InChI=1S/C55H66Cl2F6N6O6/c1-64(2)48(70)44-21-19-42(34-46(44)56)67-29-23-37(24-30-67)13-9-10-28-69(51(73)52(74,54(58,59)60)40-16-7-6-8-17-40)36-39-14-11-18-41(33-39)53(75,55(61,62)63)50(72)66(5)27-12-15-38-25-31-68(32-26-38)43-20-22-45(47(57)35-43)49(71)65(3)4/h6-8,11,14,16-22,33-35,37-38,74-75H,9-10,12-13,15,23-32,36H2,1-5H3. The molecule has 12 nitrogen and oxygen atoms in total. The van der Waals surface area contributed by atoms with Crippen LogP contribution in [0.3, 0.4) is 0 Å². The average molecular weight is 1090 g/mol. The minimum absolute atomic E-state index is 0.116. The minimum Gasteiger partial charge on any atom is -0.371 e. The second kappa shape index (κ2) is 24.6. The van der Waals surface area contributed by atoms with Gasteiger partial charge in [0.1, 0.15) is 0 Å². The second-order valence-corrected chi connectivity index (χ2v) is 21.0. The number of benzene rings is 4. The van der Waals surface area contributed by atoms with E-state index in [0.717, 1.165) is 84.2 Å². The van der Waals surface area contributed by atoms with Crippen molar-refractivity contribution in [3.8, 4) is 0 Å². The topological polar surface area (TPSA) is 128 Å². The molecule has 4 amide bonds. The van der Waals surface area contributed by atoms with E-state index in [1.165, 1.54) is 34.1 Å². The summed E-state index contributed by atoms with van der Waals surface area (Å²) >= 11 is 12.9. The highest BCUT2D eigenvalue weighted by atomic mass is 35.5. The summed E-state index contributed by atoms with van der Waals surface area (Å²) in [7, 11) is 7.71. The van der Waals surface area contributed by atoms with Crippen molar-refractivity contribution in [2.24, 2.45) is 11.8 Å². The quantitative estimate of drug-likeness (QED) is 0.0702. The van der Waals surface area contributed by atoms with E-state index in [0.29, 0.717) is 73.0 Å². The Kier molecular flexibility index (Phi) is 19.3. The number of anilines is 2. The lowest BCUT2D eigenvalue weighted by atomic mass is 9.89. The summed E-state index contributed by atoms with van der Waals surface area (Å²) in [6.45, 7) is 1.58. The molecule has 408 valence electrons. The smallest absolute Gasteiger partial charge is 0.371 e. The Morgan fingerprint density at radius 3 is 1.47 bits per heavy atom. The van der Waals surface area contributed by atoms with Gasteiger partial charge in [0.05, 0.1) is 21.2 Å². The van der Waals surface area contributed by atoms with E-state index in [1.807, 2.05) is 12.1 Å². The molecule has 0 saturated carbocycles. The number of likely N-dealkylation sites (N-methyl/N-ethyl adjacent to an activating group) is 1. The molecular weight excluding hydrogens is 1030 g/mol. The predicted molar refractivity (Wildman–Crippen MR) is 278 cm³/mol. The molecule has 2 atom stereocenters. The maximum Gasteiger partial charge on any atom is 0.430 e. The Bertz CT molecular complexity index is 2630. The van der Waals surface area contributed by atoms with Crippen molar-refractivity contribution in [1.29, 1.82) is 0 Å². The number of carbonyl (C=O) groups excluding carboxylic acids is 4. The predicted octanol–water partition coefficient (Wildman–Crippen LogP) is 10.2. The second-order valence-electron chi connectivity index (χ2n) is 20.2. The van der Waals surface area contributed by atoms with Crippen LogP contribution in [0.1, 0.15) is 95.2 Å². The van der Waals surface area contributed by atoms with E-state index in [9.17, 15) is 42.6 Å². The average Bonchev–Trinajstić information content (AvgIpc) is 3.38. The first-order chi connectivity index (χ1) is 35.3. The number of rotatable bonds is 19. The third kappa shape index (κ3) is 13.5. The Morgan fingerprint density at radius 1 is 0.560 bits per heavy atom. The molecule has 0 spiro atoms. The number of amides is 4. The Labute approximate surface area is 444 Å². The molecule has 4 aromatic carbocycles. The van der Waals surface area contributed by atoms with Gasteiger partial charge in [0.2, 0.25) is 0 Å². The number of nitrogens with zero attached hydrogens (tertiary/aromatic N) is 6. The number of piperidine rings is 2. The van der Waals surface area contributed by atoms with E-state index in [4.69, 9.17) is 23.2 Å². The minimum atomic E-state index is -5.54. The lowest BCUT2D eigenvalue weighted by molar-refractivity contribution is -0.262. The van der Waals surface area contributed by atoms with Gasteiger partial charge in [-0.25, -0.2) is 0 Å². The molecule has 4 aromatic rings. The van der Waals surface area contributed by atoms with Crippen LogP contribution in [0, 0.1) is 11.8 Å². The fourth-order valence-electron chi connectivity index (χ4n) is 10.0. The fourth-order valence-corrected chi connectivity index (χ4v) is 10.5. The van der Waals surface area contributed by atoms with Crippen molar-refractivity contribution < 1.29 is 55.7 Å². The third-order valence-corrected chi connectivity index (χ3v) is 15.1. The lowest BCUT2D eigenvalue weighted by Crippen LogP contribution is -2.56. The molecule has 2 aliphatic heterocycles. The normalized spacial score (nSPS) is 16.5. The van der Waals surface area contributed by atoms with Crippen molar-refractivity contribution in [1.82, 2.24) is 19.6 Å². The largest absolute Gasteiger partial charge is 0.430 e. The van der Waals surface area contributed by atoms with Gasteiger partial charge < -0.3 is 39.6 Å². The summed E-state index contributed by atoms with van der Waals surface area (Å²) in [5.74, 6) is -3.39. The highest BCUT2D eigenvalue weighted by molar-refractivity contribution is 6.34. The number of hydrogen-bond acceptors (Lipinski definition) is 8. The van der Waals surface area contributed by atoms with E-state index >= 15 is 13.2 Å². The van der Waals surface area contributed by atoms with Crippen LogP contribution in [0.15, 0.2) is 91.0 Å². The monoisotopic (exact) mass is 1090 g/mol. The first-order valence-electron chi connectivity index (χ1n) is 25.1. The number of unbranched alkanes of at least 4 members (excludes halogenated alkanes) is 1. The van der Waals surface area contributed by atoms with Crippen molar-refractivity contribution >= 4 is 58.2 Å². The molecule has 2 fully saturated rings. The van der Waals surface area contributed by atoms with Crippen LogP contribution < -0.4 is 9.80 Å². The number of alkyl halides is 6. The van der Waals surface area contributed by atoms with Crippen molar-refractivity contribution in [2.45, 2.75) is 87.9 Å². The Morgan fingerprint density at radius 2 is 1.01 bits per heavy atom. The van der Waals surface area contributed by atoms with Gasteiger partial charge in [-0.15, -0.1) is 0 Å². The van der Waals surface area contributed by atoms with Crippen LogP contribution in [0.2, 0.25) is 10.0 Å². The number of hydrogen-bond donors (Lipinski definition) is 2. The molecule has 75 heavy (non-hydrogen) atoms. The molecule has 0 aromatic heterocycles. The number of carbonyl (C=O) groups is 4. The van der Waals surface area contributed by atoms with E-state index in [1.54, 1.807) is 52.5 Å². The van der Waals surface area contributed by atoms with Crippen LogP contribution >= 0.6 is 23.2 Å². The molecule has 2 saturated heterocycles. The molecule has 2 N–H and O–H groups in total. The zero-order chi connectivity index (χ0) is 55.0. The van der Waals surface area contributed by atoms with Crippen LogP contribution in [-0.4, -0.2) is 140 Å². The van der Waals surface area contributed by atoms with Gasteiger partial charge in [0.15, 0.2) is 0 Å². The van der Waals surface area contributed by atoms with Gasteiger partial charge in [-0.1, -0.05) is 90.6 Å². The van der Waals surface area contributed by atoms with Crippen LogP contribution in [0.4, 0.5) is 37.7 Å². The van der Waals surface area contributed by atoms with Gasteiger partial charge in [-0.05, 0) is 98.7 Å². The Hall–Kier alpha value is -5.56. The van der Waals surface area contributed by atoms with E-state index in [-0.39, 0.29) is 48.7 Å². The molecule has 0 bridgehead atoms. The molecule has 2 unspecified atom stereocenters. The summed E-state index contributed by atoms with van der Waals surface area (Å²) in [5.41, 5.74) is -7.33. The molecule has 0 aliphatic carbocycles. The molecule has 2 heterocycles. The van der Waals surface area contributed by atoms with Crippen LogP contribution in [0.5, 0.6) is 0 Å². The number of aliphatic hydroxyl groups is 2. The van der Waals surface area contributed by atoms with Crippen molar-refractivity contribution in [3.05, 3.63) is 129 Å². The highest BCUT2D eigenvalue weighted by Gasteiger charge is 2.63. The first-order valence-corrected chi connectivity index (χ1v) is 25.8. The summed E-state index contributed by atoms with van der Waals surface area (Å²) in [6.07, 6.45) is -5.74. The zero-order valence-corrected chi connectivity index (χ0v) is 44.4. The molecule has 20 heteroatoms. The van der Waals surface area contributed by atoms with Gasteiger partial charge in [0, 0.05) is 104 Å². The summed E-state index contributed by atoms with van der Waals surface area (Å²) in [5, 5.41) is 23.5. The summed E-state index contributed by atoms with van der Waals surface area (Å²) in [6, 6.07) is 20.5. The van der Waals surface area contributed by atoms with E-state index < -0.39 is 53.0 Å². The van der Waals surface area contributed by atoms with Gasteiger partial charge in [0.25, 0.3) is 34.8 Å². The molecule has 6 rings (SSSR count). The van der Waals surface area contributed by atoms with E-state index in [2.05, 4.69) is 9.80 Å². The van der Waals surface area contributed by atoms with Crippen molar-refractivity contribution in [3.63, 3.8) is 0 Å². The van der Waals surface area contributed by atoms with Gasteiger partial charge in [-0.2, -0.15) is 26.3 Å². The molecular formula is C55H66Cl2F6N6O6. The van der Waals surface area contributed by atoms with Crippen LogP contribution in [0.25, 0.3) is 0 Å². The SMILES string of the molecule is CN(C)C(=O)c1ccc(N2CCC(CCCCN(Cc3cccc(C(O)(C(=O)N(C)CCCC4CCN(c5ccc(C(=O)N(C)C)c(Cl)c5)CC4)C(F)(F)F)c3)C(=O)C(O)(c3ccccc3)C(F)(F)F)CC2)cc1Cl. The van der Waals surface area contributed by atoms with Gasteiger partial charge >= 0.3 is 12.4 Å². The summed E-state index contributed by atoms with van der Waals surface area (Å²) in [4.78, 5) is 61.7. The highest BCUT2D eigenvalue weighted by Crippen LogP contribution is 2.43. The summed E-state index contributed by atoms with van der Waals surface area (Å²) < 4.78 is 90.1. The maximum absolute atomic E-state index is 15.1. The molecule has 2 aliphatic rings. The van der Waals surface area contributed by atoms with Crippen LogP contribution in [-0.2, 0) is 27.3 Å². The number of halogens is 8. The van der Waals surface area contributed by atoms with Gasteiger partial charge in [-0.3, -0.25) is 19.2 Å². The maximum atomic E-state index is 15.1. The fraction of sp³-hybridized carbons (Fsp3) is 0.491. The Balaban J connectivity index is 1.11. The lowest BCUT2D eigenvalue weighted by Gasteiger charge is -2.36. The molecule has 0 radical (unpaired) electrons. The van der Waals surface area contributed by atoms with Crippen molar-refractivity contribution in [2.75, 3.05) is 84.3 Å². The third-order valence-electron chi connectivity index (χ3n) is 14.5.